The van der Waals surface area contributed by atoms with Crippen LogP contribution in [-0.4, -0.2) is 25.1 Å². The lowest BCUT2D eigenvalue weighted by molar-refractivity contribution is -0.112. The Morgan fingerprint density at radius 1 is 1.21 bits per heavy atom. The van der Waals surface area contributed by atoms with Gasteiger partial charge in [-0.3, -0.25) is 4.79 Å². The fraction of sp³-hybridized carbons (Fsp3) is 0.357. The van der Waals surface area contributed by atoms with Crippen molar-refractivity contribution in [2.75, 3.05) is 23.9 Å². The van der Waals surface area contributed by atoms with Crippen molar-refractivity contribution in [3.63, 3.8) is 0 Å². The van der Waals surface area contributed by atoms with Crippen molar-refractivity contribution in [1.82, 2.24) is 0 Å². The summed E-state index contributed by atoms with van der Waals surface area (Å²) in [4.78, 5) is 15.2. The lowest BCUT2D eigenvalue weighted by atomic mass is 9.87. The molecule has 5 heteroatoms. The van der Waals surface area contributed by atoms with Gasteiger partial charge in [-0.05, 0) is 69.0 Å². The summed E-state index contributed by atoms with van der Waals surface area (Å²) in [6, 6.07) is 13.7. The van der Waals surface area contributed by atoms with E-state index < -0.39 is 5.91 Å². The maximum atomic E-state index is 12.8. The molecule has 2 aromatic carbocycles. The summed E-state index contributed by atoms with van der Waals surface area (Å²) in [6.45, 7) is 11.7. The van der Waals surface area contributed by atoms with Crippen molar-refractivity contribution >= 4 is 28.9 Å². The molecule has 0 aromatic heterocycles. The van der Waals surface area contributed by atoms with Gasteiger partial charge < -0.3 is 15.0 Å². The number of anilines is 2. The highest BCUT2D eigenvalue weighted by Gasteiger charge is 2.31. The zero-order valence-electron chi connectivity index (χ0n) is 20.5. The van der Waals surface area contributed by atoms with Crippen molar-refractivity contribution in [3.8, 4) is 11.8 Å². The third kappa shape index (κ3) is 5.12. The van der Waals surface area contributed by atoms with Gasteiger partial charge in [-0.15, -0.1) is 0 Å². The minimum absolute atomic E-state index is 0.0241. The number of nitriles is 1. The van der Waals surface area contributed by atoms with Crippen LogP contribution in [0.2, 0.25) is 0 Å². The second-order valence-electron chi connectivity index (χ2n) is 8.92. The zero-order valence-corrected chi connectivity index (χ0v) is 20.5. The summed E-state index contributed by atoms with van der Waals surface area (Å²) in [7, 11) is 1.61. The average Bonchev–Trinajstić information content (AvgIpc) is 2.79. The van der Waals surface area contributed by atoms with Gasteiger partial charge >= 0.3 is 0 Å². The molecule has 0 spiro atoms. The minimum atomic E-state index is -0.442. The summed E-state index contributed by atoms with van der Waals surface area (Å²) >= 11 is 0. The molecular weight excluding hydrogens is 410 g/mol. The molecule has 2 aromatic rings. The van der Waals surface area contributed by atoms with Gasteiger partial charge in [0.25, 0.3) is 5.91 Å². The van der Waals surface area contributed by atoms with Gasteiger partial charge in [0, 0.05) is 35.1 Å². The third-order valence-corrected chi connectivity index (χ3v) is 6.06. The van der Waals surface area contributed by atoms with Crippen molar-refractivity contribution < 1.29 is 9.53 Å². The number of benzene rings is 2. The summed E-state index contributed by atoms with van der Waals surface area (Å²) < 4.78 is 5.68. The van der Waals surface area contributed by atoms with Gasteiger partial charge in [-0.2, -0.15) is 5.26 Å². The number of fused-ring (bicyclic) bond motifs is 1. The van der Waals surface area contributed by atoms with Gasteiger partial charge in [-0.1, -0.05) is 32.1 Å². The van der Waals surface area contributed by atoms with E-state index in [2.05, 4.69) is 50.9 Å². The number of amides is 1. The Morgan fingerprint density at radius 2 is 1.91 bits per heavy atom. The van der Waals surface area contributed by atoms with Crippen LogP contribution in [0.15, 0.2) is 48.0 Å². The van der Waals surface area contributed by atoms with E-state index in [0.29, 0.717) is 17.0 Å². The number of nitrogens with zero attached hydrogens (tertiary/aromatic N) is 2. The molecule has 0 aliphatic carbocycles. The highest BCUT2D eigenvalue weighted by Crippen LogP contribution is 2.42. The maximum Gasteiger partial charge on any atom is 0.266 e. The first kappa shape index (κ1) is 24.1. The van der Waals surface area contributed by atoms with Gasteiger partial charge in [0.2, 0.25) is 0 Å². The molecule has 1 N–H and O–H groups in total. The molecule has 172 valence electrons. The molecule has 33 heavy (non-hydrogen) atoms. The maximum absolute atomic E-state index is 12.8. The zero-order chi connectivity index (χ0) is 24.2. The highest BCUT2D eigenvalue weighted by molar-refractivity contribution is 6.10. The van der Waals surface area contributed by atoms with Crippen LogP contribution in [0.25, 0.3) is 11.6 Å². The summed E-state index contributed by atoms with van der Waals surface area (Å²) in [6.07, 6.45) is 5.82. The van der Waals surface area contributed by atoms with Gasteiger partial charge in [0.15, 0.2) is 0 Å². The Kier molecular flexibility index (Phi) is 7.28. The quantitative estimate of drug-likeness (QED) is 0.408. The fourth-order valence-corrected chi connectivity index (χ4v) is 4.37. The Hall–Kier alpha value is -3.52. The predicted molar refractivity (Wildman–Crippen MR) is 136 cm³/mol. The molecule has 1 aliphatic heterocycles. The lowest BCUT2D eigenvalue weighted by Gasteiger charge is -2.43. The molecule has 1 aliphatic rings. The number of ether oxygens (including phenoxy) is 1. The van der Waals surface area contributed by atoms with E-state index >= 15 is 0 Å². The first-order valence-electron chi connectivity index (χ1n) is 11.5. The molecule has 0 saturated heterocycles. The monoisotopic (exact) mass is 443 g/mol. The topological polar surface area (TPSA) is 65.4 Å². The number of rotatable bonds is 7. The molecule has 0 atom stereocenters. The van der Waals surface area contributed by atoms with Crippen LogP contribution in [0.3, 0.4) is 0 Å². The largest absolute Gasteiger partial charge is 0.496 e. The Labute approximate surface area is 197 Å². The van der Waals surface area contributed by atoms with Gasteiger partial charge in [-0.25, -0.2) is 0 Å². The van der Waals surface area contributed by atoms with Gasteiger partial charge in [0.1, 0.15) is 17.4 Å². The van der Waals surface area contributed by atoms with Crippen LogP contribution in [0.1, 0.15) is 57.7 Å². The molecule has 1 amide bonds. The molecule has 0 saturated carbocycles. The van der Waals surface area contributed by atoms with Crippen molar-refractivity contribution in [2.45, 2.75) is 53.0 Å². The van der Waals surface area contributed by atoms with E-state index in [1.165, 1.54) is 11.1 Å². The van der Waals surface area contributed by atoms with Crippen LogP contribution >= 0.6 is 0 Å². The number of hydrogen-bond donors (Lipinski definition) is 1. The van der Waals surface area contributed by atoms with E-state index in [1.54, 1.807) is 13.2 Å². The first-order chi connectivity index (χ1) is 15.7. The Morgan fingerprint density at radius 3 is 2.48 bits per heavy atom. The van der Waals surface area contributed by atoms with Crippen LogP contribution in [0.4, 0.5) is 11.4 Å². The summed E-state index contributed by atoms with van der Waals surface area (Å²) in [5.74, 6) is 0.190. The smallest absolute Gasteiger partial charge is 0.266 e. The fourth-order valence-electron chi connectivity index (χ4n) is 4.37. The van der Waals surface area contributed by atoms with E-state index in [9.17, 15) is 10.1 Å². The molecular formula is C28H33N3O2. The Balaban J connectivity index is 2.00. The summed E-state index contributed by atoms with van der Waals surface area (Å²) in [5, 5.41) is 12.5. The molecule has 0 fully saturated rings. The molecule has 5 nitrogen and oxygen atoms in total. The molecule has 1 heterocycles. The second kappa shape index (κ2) is 9.95. The number of methoxy groups -OCH3 is 1. The van der Waals surface area contributed by atoms with Crippen molar-refractivity contribution in [3.05, 3.63) is 64.7 Å². The van der Waals surface area contributed by atoms with Crippen molar-refractivity contribution in [2.24, 2.45) is 0 Å². The number of carbonyl (C=O) groups is 1. The van der Waals surface area contributed by atoms with Crippen LogP contribution in [0, 0.1) is 11.3 Å². The van der Waals surface area contributed by atoms with Crippen LogP contribution in [0.5, 0.6) is 5.75 Å². The molecule has 0 radical (unpaired) electrons. The lowest BCUT2D eigenvalue weighted by Crippen LogP contribution is -2.45. The van der Waals surface area contributed by atoms with E-state index in [1.807, 2.05) is 42.5 Å². The third-order valence-electron chi connectivity index (χ3n) is 6.06. The molecule has 3 rings (SSSR count). The number of hydrogen-bond acceptors (Lipinski definition) is 4. The standard InChI is InChI=1S/C28H33N3O2/c1-7-13-31-25-16-26(33-6)21(15-24(25)19(3)17-28(31,4)5)14-22(18-29)27(32)30-23-11-9-20(8-2)10-12-23/h9-12,14-17H,7-8,13H2,1-6H3,(H,30,32)/b22-14+. The first-order valence-corrected chi connectivity index (χ1v) is 11.5. The SMILES string of the molecule is CCCN1c2cc(OC)c(/C=C(\C#N)C(=O)Nc3ccc(CC)cc3)cc2C(C)=CC1(C)C. The molecule has 0 bridgehead atoms. The average molecular weight is 444 g/mol. The second-order valence-corrected chi connectivity index (χ2v) is 8.92. The van der Waals surface area contributed by atoms with E-state index in [0.717, 1.165) is 30.6 Å². The number of nitrogens with one attached hydrogen (secondary N) is 1. The van der Waals surface area contributed by atoms with E-state index in [-0.39, 0.29) is 11.1 Å². The molecule has 0 unspecified atom stereocenters. The summed E-state index contributed by atoms with van der Waals surface area (Å²) in [5.41, 5.74) is 5.82. The normalized spacial score (nSPS) is 14.8. The van der Waals surface area contributed by atoms with Crippen molar-refractivity contribution in [1.29, 1.82) is 5.26 Å². The van der Waals surface area contributed by atoms with Crippen LogP contribution in [-0.2, 0) is 11.2 Å². The minimum Gasteiger partial charge on any atom is -0.496 e. The number of aryl methyl sites for hydroxylation is 1. The van der Waals surface area contributed by atoms with Gasteiger partial charge in [0.05, 0.1) is 12.6 Å². The number of allylic oxidation sites excluding steroid dienone is 1. The Bertz CT molecular complexity index is 1130. The van der Waals surface area contributed by atoms with Crippen LogP contribution < -0.4 is 15.0 Å². The highest BCUT2D eigenvalue weighted by atomic mass is 16.5. The van der Waals surface area contributed by atoms with E-state index in [4.69, 9.17) is 4.74 Å². The number of carbonyl (C=O) groups excluding carboxylic acids is 1. The predicted octanol–water partition coefficient (Wildman–Crippen LogP) is 6.22.